The molecule has 1 fully saturated rings. The summed E-state index contributed by atoms with van der Waals surface area (Å²) in [7, 11) is 3.03. The van der Waals surface area contributed by atoms with Gasteiger partial charge in [0.15, 0.2) is 0 Å². The summed E-state index contributed by atoms with van der Waals surface area (Å²) in [5, 5.41) is 1.11. The predicted octanol–water partition coefficient (Wildman–Crippen LogP) is 4.30. The molecule has 0 radical (unpaired) electrons. The van der Waals surface area contributed by atoms with Gasteiger partial charge in [-0.1, -0.05) is 30.1 Å². The largest absolute Gasteiger partial charge is 0.495 e. The zero-order valence-electron chi connectivity index (χ0n) is 11.8. The van der Waals surface area contributed by atoms with Crippen molar-refractivity contribution in [3.8, 4) is 5.75 Å². The standard InChI is InChI=1S/C15H18Cl2O3/c1-8(4-9-5-12(9)15(18)20-3)11-6-10(16)7-13(17)14(11)19-2/h6-9,12H,4-5H2,1-3H3. The van der Waals surface area contributed by atoms with E-state index in [-0.39, 0.29) is 17.8 Å². The van der Waals surface area contributed by atoms with Gasteiger partial charge in [-0.15, -0.1) is 0 Å². The maximum Gasteiger partial charge on any atom is 0.308 e. The first kappa shape index (κ1) is 15.5. The van der Waals surface area contributed by atoms with Crippen LogP contribution in [0.5, 0.6) is 5.75 Å². The highest BCUT2D eigenvalue weighted by molar-refractivity contribution is 6.35. The Morgan fingerprint density at radius 2 is 2.10 bits per heavy atom. The van der Waals surface area contributed by atoms with Gasteiger partial charge in [-0.05, 0) is 42.4 Å². The van der Waals surface area contributed by atoms with Gasteiger partial charge in [0, 0.05) is 5.02 Å². The minimum absolute atomic E-state index is 0.0445. The first-order chi connectivity index (χ1) is 9.47. The van der Waals surface area contributed by atoms with E-state index in [1.165, 1.54) is 7.11 Å². The minimum atomic E-state index is -0.113. The number of carbonyl (C=O) groups is 1. The Morgan fingerprint density at radius 3 is 2.70 bits per heavy atom. The van der Waals surface area contributed by atoms with Crippen molar-refractivity contribution >= 4 is 29.2 Å². The van der Waals surface area contributed by atoms with Gasteiger partial charge in [-0.25, -0.2) is 0 Å². The van der Waals surface area contributed by atoms with Crippen molar-refractivity contribution in [3.63, 3.8) is 0 Å². The number of rotatable bonds is 5. The van der Waals surface area contributed by atoms with E-state index < -0.39 is 0 Å². The molecule has 0 spiro atoms. The predicted molar refractivity (Wildman–Crippen MR) is 79.7 cm³/mol. The van der Waals surface area contributed by atoms with E-state index in [2.05, 4.69) is 6.92 Å². The molecule has 20 heavy (non-hydrogen) atoms. The second-order valence-electron chi connectivity index (χ2n) is 5.27. The molecule has 1 aliphatic carbocycles. The van der Waals surface area contributed by atoms with Crippen LogP contribution >= 0.6 is 23.2 Å². The van der Waals surface area contributed by atoms with Gasteiger partial charge >= 0.3 is 5.97 Å². The molecule has 0 aromatic heterocycles. The molecule has 0 aliphatic heterocycles. The molecule has 1 aliphatic rings. The minimum Gasteiger partial charge on any atom is -0.495 e. The summed E-state index contributed by atoms with van der Waals surface area (Å²) in [5.41, 5.74) is 0.987. The summed E-state index contributed by atoms with van der Waals surface area (Å²) < 4.78 is 10.1. The number of hydrogen-bond acceptors (Lipinski definition) is 3. The average Bonchev–Trinajstić information content (AvgIpc) is 3.16. The second-order valence-corrected chi connectivity index (χ2v) is 6.12. The highest BCUT2D eigenvalue weighted by Gasteiger charge is 2.44. The molecule has 3 atom stereocenters. The third-order valence-electron chi connectivity index (χ3n) is 3.85. The average molecular weight is 317 g/mol. The molecule has 0 saturated heterocycles. The monoisotopic (exact) mass is 316 g/mol. The molecule has 3 unspecified atom stereocenters. The highest BCUT2D eigenvalue weighted by Crippen LogP contribution is 2.47. The summed E-state index contributed by atoms with van der Waals surface area (Å²) in [4.78, 5) is 11.4. The number of methoxy groups -OCH3 is 2. The molecule has 0 N–H and O–H groups in total. The Labute approximate surface area is 129 Å². The van der Waals surface area contributed by atoms with Crippen LogP contribution in [0.25, 0.3) is 0 Å². The summed E-state index contributed by atoms with van der Waals surface area (Å²) in [5.74, 6) is 1.20. The Morgan fingerprint density at radius 1 is 1.40 bits per heavy atom. The summed E-state index contributed by atoms with van der Waals surface area (Å²) in [6.45, 7) is 2.09. The van der Waals surface area contributed by atoms with Gasteiger partial charge in [0.1, 0.15) is 5.75 Å². The third kappa shape index (κ3) is 3.21. The molecule has 1 aromatic carbocycles. The van der Waals surface area contributed by atoms with Crippen LogP contribution in [0.3, 0.4) is 0 Å². The maximum atomic E-state index is 11.4. The summed E-state index contributed by atoms with van der Waals surface area (Å²) in [6.07, 6.45) is 1.79. The van der Waals surface area contributed by atoms with Gasteiger partial charge in [0.25, 0.3) is 0 Å². The lowest BCUT2D eigenvalue weighted by molar-refractivity contribution is -0.142. The van der Waals surface area contributed by atoms with E-state index in [1.807, 2.05) is 6.07 Å². The molecule has 0 heterocycles. The SMILES string of the molecule is COC(=O)C1CC1CC(C)c1cc(Cl)cc(Cl)c1OC. The fourth-order valence-corrected chi connectivity index (χ4v) is 3.28. The zero-order valence-corrected chi connectivity index (χ0v) is 13.3. The molecule has 3 nitrogen and oxygen atoms in total. The van der Waals surface area contributed by atoms with E-state index in [0.29, 0.717) is 21.7 Å². The van der Waals surface area contributed by atoms with Crippen LogP contribution in [0.15, 0.2) is 12.1 Å². The lowest BCUT2D eigenvalue weighted by Gasteiger charge is -2.17. The Kier molecular flexibility index (Phi) is 4.82. The van der Waals surface area contributed by atoms with Crippen LogP contribution in [0.4, 0.5) is 0 Å². The molecular formula is C15H18Cl2O3. The summed E-state index contributed by atoms with van der Waals surface area (Å²) >= 11 is 12.2. The van der Waals surface area contributed by atoms with Crippen LogP contribution in [-0.4, -0.2) is 20.2 Å². The molecule has 1 aromatic rings. The smallest absolute Gasteiger partial charge is 0.308 e. The Bertz CT molecular complexity index is 516. The number of halogens is 2. The molecule has 5 heteroatoms. The van der Waals surface area contributed by atoms with Crippen molar-refractivity contribution in [1.82, 2.24) is 0 Å². The Balaban J connectivity index is 2.10. The number of carbonyl (C=O) groups excluding carboxylic acids is 1. The number of hydrogen-bond donors (Lipinski definition) is 0. The molecule has 0 amide bonds. The third-order valence-corrected chi connectivity index (χ3v) is 4.35. The quantitative estimate of drug-likeness (QED) is 0.759. The van der Waals surface area contributed by atoms with E-state index in [0.717, 1.165) is 18.4 Å². The normalized spacial score (nSPS) is 22.2. The van der Waals surface area contributed by atoms with Gasteiger partial charge in [0.2, 0.25) is 0 Å². The van der Waals surface area contributed by atoms with E-state index >= 15 is 0 Å². The summed E-state index contributed by atoms with van der Waals surface area (Å²) in [6, 6.07) is 3.55. The van der Waals surface area contributed by atoms with Gasteiger partial charge < -0.3 is 9.47 Å². The van der Waals surface area contributed by atoms with Crippen molar-refractivity contribution in [2.75, 3.05) is 14.2 Å². The number of ether oxygens (including phenoxy) is 2. The van der Waals surface area contributed by atoms with Crippen LogP contribution < -0.4 is 4.74 Å². The number of benzene rings is 1. The lowest BCUT2D eigenvalue weighted by atomic mass is 9.94. The molecule has 2 rings (SSSR count). The van der Waals surface area contributed by atoms with Crippen molar-refractivity contribution in [2.24, 2.45) is 11.8 Å². The van der Waals surface area contributed by atoms with Crippen molar-refractivity contribution < 1.29 is 14.3 Å². The molecule has 110 valence electrons. The molecule has 1 saturated carbocycles. The van der Waals surface area contributed by atoms with Crippen molar-refractivity contribution in [2.45, 2.75) is 25.7 Å². The van der Waals surface area contributed by atoms with E-state index in [4.69, 9.17) is 32.7 Å². The van der Waals surface area contributed by atoms with Crippen LogP contribution in [0.2, 0.25) is 10.0 Å². The maximum absolute atomic E-state index is 11.4. The van der Waals surface area contributed by atoms with Gasteiger partial charge in [-0.2, -0.15) is 0 Å². The lowest BCUT2D eigenvalue weighted by Crippen LogP contribution is -2.06. The van der Waals surface area contributed by atoms with E-state index in [9.17, 15) is 4.79 Å². The molecular weight excluding hydrogens is 299 g/mol. The van der Waals surface area contributed by atoms with E-state index in [1.54, 1.807) is 13.2 Å². The van der Waals surface area contributed by atoms with Crippen LogP contribution in [-0.2, 0) is 9.53 Å². The molecule has 0 bridgehead atoms. The zero-order chi connectivity index (χ0) is 14.9. The highest BCUT2D eigenvalue weighted by atomic mass is 35.5. The van der Waals surface area contributed by atoms with Crippen molar-refractivity contribution in [1.29, 1.82) is 0 Å². The van der Waals surface area contributed by atoms with Crippen molar-refractivity contribution in [3.05, 3.63) is 27.7 Å². The number of esters is 1. The Hall–Kier alpha value is -0.930. The first-order valence-electron chi connectivity index (χ1n) is 6.58. The van der Waals surface area contributed by atoms with Gasteiger partial charge in [-0.3, -0.25) is 4.79 Å². The first-order valence-corrected chi connectivity index (χ1v) is 7.34. The van der Waals surface area contributed by atoms with Gasteiger partial charge in [0.05, 0.1) is 25.2 Å². The second kappa shape index (κ2) is 6.23. The van der Waals surface area contributed by atoms with Crippen LogP contribution in [0.1, 0.15) is 31.2 Å². The fourth-order valence-electron chi connectivity index (χ4n) is 2.69. The topological polar surface area (TPSA) is 35.5 Å². The fraction of sp³-hybridized carbons (Fsp3) is 0.533. The van der Waals surface area contributed by atoms with Crippen LogP contribution in [0, 0.1) is 11.8 Å².